The lowest BCUT2D eigenvalue weighted by Gasteiger charge is -2.32. The number of piperazine rings is 1. The molecular formula is C13H18BrClN2O2. The lowest BCUT2D eigenvalue weighted by atomic mass is 10.1. The predicted octanol–water partition coefficient (Wildman–Crippen LogP) is 2.31. The molecule has 0 saturated carbocycles. The highest BCUT2D eigenvalue weighted by molar-refractivity contribution is 9.10. The van der Waals surface area contributed by atoms with Gasteiger partial charge in [-0.3, -0.25) is 4.79 Å². The molecule has 0 radical (unpaired) electrons. The van der Waals surface area contributed by atoms with E-state index >= 15 is 0 Å². The van der Waals surface area contributed by atoms with Crippen LogP contribution in [-0.4, -0.2) is 43.6 Å². The third-order valence-corrected chi connectivity index (χ3v) is 3.75. The summed E-state index contributed by atoms with van der Waals surface area (Å²) in [6.07, 6.45) is 0. The van der Waals surface area contributed by atoms with Crippen molar-refractivity contribution in [3.63, 3.8) is 0 Å². The van der Waals surface area contributed by atoms with Crippen molar-refractivity contribution in [3.05, 3.63) is 28.2 Å². The Morgan fingerprint density at radius 1 is 1.53 bits per heavy atom. The Morgan fingerprint density at radius 3 is 2.89 bits per heavy atom. The highest BCUT2D eigenvalue weighted by Gasteiger charge is 2.23. The first kappa shape index (κ1) is 16.3. The average molecular weight is 350 g/mol. The van der Waals surface area contributed by atoms with Crippen molar-refractivity contribution in [2.45, 2.75) is 13.0 Å². The topological polar surface area (TPSA) is 41.6 Å². The molecule has 1 atom stereocenters. The molecule has 1 aromatic rings. The normalized spacial score (nSPS) is 18.7. The molecule has 0 aliphatic carbocycles. The number of halogens is 2. The summed E-state index contributed by atoms with van der Waals surface area (Å²) in [5, 5.41) is 3.33. The molecular weight excluding hydrogens is 332 g/mol. The van der Waals surface area contributed by atoms with E-state index < -0.39 is 0 Å². The van der Waals surface area contributed by atoms with Gasteiger partial charge in [-0.15, -0.1) is 12.4 Å². The Morgan fingerprint density at radius 2 is 2.26 bits per heavy atom. The molecule has 0 aromatic heterocycles. The van der Waals surface area contributed by atoms with E-state index in [0.717, 1.165) is 24.1 Å². The van der Waals surface area contributed by atoms with Gasteiger partial charge in [0.05, 0.1) is 12.7 Å². The van der Waals surface area contributed by atoms with Crippen LogP contribution in [0.5, 0.6) is 5.75 Å². The van der Waals surface area contributed by atoms with Crippen LogP contribution >= 0.6 is 28.3 Å². The van der Waals surface area contributed by atoms with Crippen molar-refractivity contribution in [2.24, 2.45) is 0 Å². The Labute approximate surface area is 128 Å². The summed E-state index contributed by atoms with van der Waals surface area (Å²) in [5.41, 5.74) is 0.656. The standard InChI is InChI=1S/C13H17BrN2O2.ClH/c1-9-8-16(6-5-15-9)13(17)11-7-10(18-2)3-4-12(11)14;/h3-4,7,9,15H,5-6,8H2,1-2H3;1H/t9-;/m1./s1. The maximum atomic E-state index is 12.4. The predicted molar refractivity (Wildman–Crippen MR) is 81.3 cm³/mol. The zero-order valence-electron chi connectivity index (χ0n) is 11.0. The van der Waals surface area contributed by atoms with Gasteiger partial charge < -0.3 is 15.0 Å². The largest absolute Gasteiger partial charge is 0.497 e. The Kier molecular flexibility index (Phi) is 6.10. The smallest absolute Gasteiger partial charge is 0.255 e. The molecule has 1 saturated heterocycles. The van der Waals surface area contributed by atoms with Gasteiger partial charge in [0.1, 0.15) is 5.75 Å². The summed E-state index contributed by atoms with van der Waals surface area (Å²) in [5.74, 6) is 0.749. The molecule has 1 aliphatic rings. The summed E-state index contributed by atoms with van der Waals surface area (Å²) in [6, 6.07) is 5.80. The zero-order valence-corrected chi connectivity index (χ0v) is 13.4. The third kappa shape index (κ3) is 3.84. The number of hydrogen-bond acceptors (Lipinski definition) is 3. The minimum atomic E-state index is 0. The van der Waals surface area contributed by atoms with Gasteiger partial charge in [0, 0.05) is 30.1 Å². The van der Waals surface area contributed by atoms with Gasteiger partial charge in [-0.25, -0.2) is 0 Å². The van der Waals surface area contributed by atoms with Crippen molar-refractivity contribution in [1.82, 2.24) is 10.2 Å². The molecule has 1 fully saturated rings. The van der Waals surface area contributed by atoms with Gasteiger partial charge in [-0.1, -0.05) is 0 Å². The quantitative estimate of drug-likeness (QED) is 0.891. The number of rotatable bonds is 2. The van der Waals surface area contributed by atoms with E-state index in [-0.39, 0.29) is 18.3 Å². The number of methoxy groups -OCH3 is 1. The number of amides is 1. The van der Waals surface area contributed by atoms with Crippen LogP contribution in [0, 0.1) is 0 Å². The number of nitrogens with one attached hydrogen (secondary N) is 1. The zero-order chi connectivity index (χ0) is 13.1. The second-order valence-corrected chi connectivity index (χ2v) is 5.31. The molecule has 4 nitrogen and oxygen atoms in total. The number of ether oxygens (including phenoxy) is 1. The van der Waals surface area contributed by atoms with E-state index in [0.29, 0.717) is 17.4 Å². The minimum absolute atomic E-state index is 0. The summed E-state index contributed by atoms with van der Waals surface area (Å²) >= 11 is 3.42. The Hall–Kier alpha value is -0.780. The third-order valence-electron chi connectivity index (χ3n) is 3.06. The number of carbonyl (C=O) groups is 1. The summed E-state index contributed by atoms with van der Waals surface area (Å²) in [4.78, 5) is 14.3. The first-order chi connectivity index (χ1) is 8.61. The van der Waals surface area contributed by atoms with E-state index in [1.54, 1.807) is 13.2 Å². The molecule has 1 heterocycles. The SMILES string of the molecule is COc1ccc(Br)c(C(=O)N2CCN[C@H](C)C2)c1.Cl. The maximum absolute atomic E-state index is 12.4. The molecule has 6 heteroatoms. The van der Waals surface area contributed by atoms with Gasteiger partial charge in [0.15, 0.2) is 0 Å². The van der Waals surface area contributed by atoms with Gasteiger partial charge >= 0.3 is 0 Å². The van der Waals surface area contributed by atoms with Gasteiger partial charge in [-0.2, -0.15) is 0 Å². The van der Waals surface area contributed by atoms with Crippen LogP contribution in [0.4, 0.5) is 0 Å². The molecule has 1 amide bonds. The molecule has 1 aromatic carbocycles. The average Bonchev–Trinajstić information content (AvgIpc) is 2.38. The fourth-order valence-corrected chi connectivity index (χ4v) is 2.50. The molecule has 106 valence electrons. The van der Waals surface area contributed by atoms with Gasteiger partial charge in [0.25, 0.3) is 5.91 Å². The summed E-state index contributed by atoms with van der Waals surface area (Å²) < 4.78 is 5.97. The fourth-order valence-electron chi connectivity index (χ4n) is 2.08. The fraction of sp³-hybridized carbons (Fsp3) is 0.462. The second-order valence-electron chi connectivity index (χ2n) is 4.45. The van der Waals surface area contributed by atoms with Crippen LogP contribution < -0.4 is 10.1 Å². The van der Waals surface area contributed by atoms with Crippen LogP contribution in [-0.2, 0) is 0 Å². The molecule has 0 bridgehead atoms. The van der Waals surface area contributed by atoms with Crippen molar-refractivity contribution in [3.8, 4) is 5.75 Å². The van der Waals surface area contributed by atoms with E-state index in [1.807, 2.05) is 17.0 Å². The van der Waals surface area contributed by atoms with Crippen LogP contribution in [0.3, 0.4) is 0 Å². The number of nitrogens with zero attached hydrogens (tertiary/aromatic N) is 1. The number of hydrogen-bond donors (Lipinski definition) is 1. The van der Waals surface area contributed by atoms with Crippen LogP contribution in [0.2, 0.25) is 0 Å². The molecule has 1 aliphatic heterocycles. The number of benzene rings is 1. The van der Waals surface area contributed by atoms with Crippen molar-refractivity contribution in [2.75, 3.05) is 26.7 Å². The van der Waals surface area contributed by atoms with Crippen molar-refractivity contribution < 1.29 is 9.53 Å². The second kappa shape index (κ2) is 7.12. The van der Waals surface area contributed by atoms with E-state index in [9.17, 15) is 4.79 Å². The number of carbonyl (C=O) groups excluding carboxylic acids is 1. The molecule has 1 N–H and O–H groups in total. The van der Waals surface area contributed by atoms with E-state index in [2.05, 4.69) is 28.2 Å². The first-order valence-corrected chi connectivity index (χ1v) is 6.77. The molecule has 0 spiro atoms. The van der Waals surface area contributed by atoms with Crippen LogP contribution in [0.25, 0.3) is 0 Å². The minimum Gasteiger partial charge on any atom is -0.497 e. The maximum Gasteiger partial charge on any atom is 0.255 e. The van der Waals surface area contributed by atoms with E-state index in [4.69, 9.17) is 4.74 Å². The van der Waals surface area contributed by atoms with Crippen LogP contribution in [0.15, 0.2) is 22.7 Å². The van der Waals surface area contributed by atoms with E-state index in [1.165, 1.54) is 0 Å². The van der Waals surface area contributed by atoms with Gasteiger partial charge in [0.2, 0.25) is 0 Å². The van der Waals surface area contributed by atoms with Gasteiger partial charge in [-0.05, 0) is 41.1 Å². The highest BCUT2D eigenvalue weighted by Crippen LogP contribution is 2.24. The molecule has 2 rings (SSSR count). The van der Waals surface area contributed by atoms with Crippen molar-refractivity contribution >= 4 is 34.2 Å². The summed E-state index contributed by atoms with van der Waals surface area (Å²) in [7, 11) is 1.60. The monoisotopic (exact) mass is 348 g/mol. The van der Waals surface area contributed by atoms with Crippen LogP contribution in [0.1, 0.15) is 17.3 Å². The first-order valence-electron chi connectivity index (χ1n) is 5.98. The Bertz CT molecular complexity index is 456. The Balaban J connectivity index is 0.00000180. The molecule has 0 unspecified atom stereocenters. The van der Waals surface area contributed by atoms with Crippen molar-refractivity contribution in [1.29, 1.82) is 0 Å². The summed E-state index contributed by atoms with van der Waals surface area (Å²) in [6.45, 7) is 4.41. The molecule has 19 heavy (non-hydrogen) atoms. The highest BCUT2D eigenvalue weighted by atomic mass is 79.9. The lowest BCUT2D eigenvalue weighted by Crippen LogP contribution is -2.51. The lowest BCUT2D eigenvalue weighted by molar-refractivity contribution is 0.0708.